The van der Waals surface area contributed by atoms with Crippen LogP contribution in [0.3, 0.4) is 0 Å². The standard InChI is InChI=1S/C18H20ClN3O3S/c1-3-22-5-4-10-13(8-22)26-18-14(10)17(24)20-16(21-18)11-6-9(19)7-12(25-2)15(11)23/h6-7,16,21,23H,3-5,8H2,1-2H3,(H,20,24)/t16-/m1/s1. The summed E-state index contributed by atoms with van der Waals surface area (Å²) in [5, 5.41) is 18.0. The highest BCUT2D eigenvalue weighted by atomic mass is 35.5. The summed E-state index contributed by atoms with van der Waals surface area (Å²) < 4.78 is 5.17. The first-order chi connectivity index (χ1) is 12.5. The van der Waals surface area contributed by atoms with Gasteiger partial charge in [0.1, 0.15) is 11.2 Å². The van der Waals surface area contributed by atoms with E-state index in [0.717, 1.165) is 42.2 Å². The number of halogens is 1. The summed E-state index contributed by atoms with van der Waals surface area (Å²) in [6, 6.07) is 3.17. The van der Waals surface area contributed by atoms with E-state index in [1.807, 2.05) is 0 Å². The molecule has 4 rings (SSSR count). The highest BCUT2D eigenvalue weighted by Crippen LogP contribution is 2.43. The number of ether oxygens (including phenoxy) is 1. The molecular weight excluding hydrogens is 374 g/mol. The number of nitrogens with zero attached hydrogens (tertiary/aromatic N) is 1. The molecule has 6 nitrogen and oxygen atoms in total. The Morgan fingerprint density at radius 3 is 2.96 bits per heavy atom. The number of likely N-dealkylation sites (N-methyl/N-ethyl adjacent to an activating group) is 1. The Hall–Kier alpha value is -1.96. The van der Waals surface area contributed by atoms with Crippen molar-refractivity contribution in [3.63, 3.8) is 0 Å². The number of hydrogen-bond acceptors (Lipinski definition) is 6. The van der Waals surface area contributed by atoms with Crippen molar-refractivity contribution in [1.82, 2.24) is 10.2 Å². The van der Waals surface area contributed by atoms with Crippen molar-refractivity contribution in [2.45, 2.75) is 26.1 Å². The van der Waals surface area contributed by atoms with Crippen LogP contribution in [0.1, 0.15) is 39.5 Å². The van der Waals surface area contributed by atoms with Gasteiger partial charge in [0.15, 0.2) is 11.5 Å². The van der Waals surface area contributed by atoms with E-state index in [1.54, 1.807) is 23.5 Å². The molecule has 138 valence electrons. The van der Waals surface area contributed by atoms with Crippen molar-refractivity contribution in [1.29, 1.82) is 0 Å². The summed E-state index contributed by atoms with van der Waals surface area (Å²) in [6.45, 7) is 4.99. The summed E-state index contributed by atoms with van der Waals surface area (Å²) >= 11 is 7.76. The average Bonchev–Trinajstić information content (AvgIpc) is 3.00. The number of anilines is 1. The zero-order chi connectivity index (χ0) is 18.4. The van der Waals surface area contributed by atoms with Crippen molar-refractivity contribution in [2.75, 3.05) is 25.5 Å². The van der Waals surface area contributed by atoms with Crippen molar-refractivity contribution in [3.05, 3.63) is 38.7 Å². The first kappa shape index (κ1) is 17.5. The molecule has 3 heterocycles. The highest BCUT2D eigenvalue weighted by Gasteiger charge is 2.34. The Kier molecular flexibility index (Phi) is 4.46. The van der Waals surface area contributed by atoms with Gasteiger partial charge >= 0.3 is 0 Å². The molecule has 1 atom stereocenters. The van der Waals surface area contributed by atoms with E-state index >= 15 is 0 Å². The number of nitrogens with one attached hydrogen (secondary N) is 2. The number of thiophene rings is 1. The number of carbonyl (C=O) groups excluding carboxylic acids is 1. The number of amides is 1. The summed E-state index contributed by atoms with van der Waals surface area (Å²) in [7, 11) is 1.47. The van der Waals surface area contributed by atoms with Crippen LogP contribution in [-0.4, -0.2) is 36.1 Å². The molecule has 2 aliphatic rings. The van der Waals surface area contributed by atoms with Gasteiger partial charge < -0.3 is 20.5 Å². The molecule has 8 heteroatoms. The highest BCUT2D eigenvalue weighted by molar-refractivity contribution is 7.16. The quantitative estimate of drug-likeness (QED) is 0.745. The van der Waals surface area contributed by atoms with E-state index in [9.17, 15) is 9.90 Å². The molecule has 26 heavy (non-hydrogen) atoms. The van der Waals surface area contributed by atoms with Gasteiger partial charge in [-0.3, -0.25) is 9.69 Å². The lowest BCUT2D eigenvalue weighted by Crippen LogP contribution is -2.39. The third-order valence-corrected chi connectivity index (χ3v) is 6.33. The maximum absolute atomic E-state index is 12.8. The molecular formula is C18H20ClN3O3S. The molecule has 0 bridgehead atoms. The maximum Gasteiger partial charge on any atom is 0.256 e. The van der Waals surface area contributed by atoms with E-state index in [0.29, 0.717) is 10.6 Å². The largest absolute Gasteiger partial charge is 0.504 e. The fourth-order valence-electron chi connectivity index (χ4n) is 3.56. The number of methoxy groups -OCH3 is 1. The Bertz CT molecular complexity index is 883. The predicted octanol–water partition coefficient (Wildman–Crippen LogP) is 3.35. The zero-order valence-electron chi connectivity index (χ0n) is 14.6. The molecule has 0 saturated carbocycles. The number of hydrogen-bond donors (Lipinski definition) is 3. The lowest BCUT2D eigenvalue weighted by molar-refractivity contribution is 0.0934. The van der Waals surface area contributed by atoms with Gasteiger partial charge in [0, 0.05) is 34.6 Å². The van der Waals surface area contributed by atoms with Gasteiger partial charge in [0.25, 0.3) is 5.91 Å². The molecule has 1 aromatic heterocycles. The predicted molar refractivity (Wildman–Crippen MR) is 102 cm³/mol. The van der Waals surface area contributed by atoms with E-state index in [-0.39, 0.29) is 17.4 Å². The fraction of sp³-hybridized carbons (Fsp3) is 0.389. The molecule has 0 unspecified atom stereocenters. The van der Waals surface area contributed by atoms with E-state index < -0.39 is 6.17 Å². The van der Waals surface area contributed by atoms with Gasteiger partial charge in [0.2, 0.25) is 0 Å². The molecule has 0 radical (unpaired) electrons. The number of carbonyl (C=O) groups is 1. The van der Waals surface area contributed by atoms with Crippen LogP contribution in [0.4, 0.5) is 5.00 Å². The maximum atomic E-state index is 12.8. The number of aromatic hydroxyl groups is 1. The molecule has 0 spiro atoms. The van der Waals surface area contributed by atoms with Gasteiger partial charge in [-0.15, -0.1) is 11.3 Å². The molecule has 0 aliphatic carbocycles. The SMILES string of the molecule is CCN1CCc2c(sc3c2C(=O)N[C@@H](c2cc(Cl)cc(OC)c2O)N3)C1. The Balaban J connectivity index is 1.71. The van der Waals surface area contributed by atoms with Crippen LogP contribution in [0, 0.1) is 0 Å². The van der Waals surface area contributed by atoms with Crippen LogP contribution in [0.25, 0.3) is 0 Å². The number of rotatable bonds is 3. The second kappa shape index (κ2) is 6.64. The molecule has 3 N–H and O–H groups in total. The van der Waals surface area contributed by atoms with Crippen LogP contribution in [0.5, 0.6) is 11.5 Å². The minimum Gasteiger partial charge on any atom is -0.504 e. The van der Waals surface area contributed by atoms with Crippen LogP contribution in [0.15, 0.2) is 12.1 Å². The molecule has 2 aromatic rings. The Labute approximate surface area is 160 Å². The first-order valence-electron chi connectivity index (χ1n) is 8.52. The van der Waals surface area contributed by atoms with E-state index in [4.69, 9.17) is 16.3 Å². The van der Waals surface area contributed by atoms with Gasteiger partial charge in [-0.05, 0) is 24.6 Å². The van der Waals surface area contributed by atoms with E-state index in [1.165, 1.54) is 12.0 Å². The molecule has 1 aromatic carbocycles. The Morgan fingerprint density at radius 1 is 1.42 bits per heavy atom. The van der Waals surface area contributed by atoms with Crippen molar-refractivity contribution in [2.24, 2.45) is 0 Å². The number of fused-ring (bicyclic) bond motifs is 3. The second-order valence-electron chi connectivity index (χ2n) is 6.42. The van der Waals surface area contributed by atoms with Crippen LogP contribution < -0.4 is 15.4 Å². The fourth-order valence-corrected chi connectivity index (χ4v) is 5.10. The van der Waals surface area contributed by atoms with Crippen molar-refractivity contribution >= 4 is 33.8 Å². The third kappa shape index (κ3) is 2.80. The third-order valence-electron chi connectivity index (χ3n) is 4.96. The summed E-state index contributed by atoms with van der Waals surface area (Å²) in [5.41, 5.74) is 2.37. The van der Waals surface area contributed by atoms with Gasteiger partial charge in [-0.1, -0.05) is 18.5 Å². The second-order valence-corrected chi connectivity index (χ2v) is 7.96. The summed E-state index contributed by atoms with van der Waals surface area (Å²) in [4.78, 5) is 16.4. The molecule has 0 fully saturated rings. The topological polar surface area (TPSA) is 73.8 Å². The number of benzene rings is 1. The average molecular weight is 394 g/mol. The van der Waals surface area contributed by atoms with Crippen LogP contribution in [0.2, 0.25) is 5.02 Å². The smallest absolute Gasteiger partial charge is 0.256 e. The summed E-state index contributed by atoms with van der Waals surface area (Å²) in [5.74, 6) is 0.125. The molecule has 1 amide bonds. The van der Waals surface area contributed by atoms with Gasteiger partial charge in [-0.2, -0.15) is 0 Å². The lowest BCUT2D eigenvalue weighted by Gasteiger charge is -2.28. The molecule has 2 aliphatic heterocycles. The van der Waals surface area contributed by atoms with Gasteiger partial charge in [0.05, 0.1) is 12.7 Å². The van der Waals surface area contributed by atoms with Crippen molar-refractivity contribution in [3.8, 4) is 11.5 Å². The molecule has 0 saturated heterocycles. The Morgan fingerprint density at radius 2 is 2.23 bits per heavy atom. The lowest BCUT2D eigenvalue weighted by atomic mass is 10.00. The van der Waals surface area contributed by atoms with E-state index in [2.05, 4.69) is 22.5 Å². The van der Waals surface area contributed by atoms with Crippen LogP contribution >= 0.6 is 22.9 Å². The number of phenols is 1. The monoisotopic (exact) mass is 393 g/mol. The number of phenolic OH excluding ortho intramolecular Hbond substituents is 1. The normalized spacial score (nSPS) is 19.3. The summed E-state index contributed by atoms with van der Waals surface area (Å²) in [6.07, 6.45) is 0.315. The van der Waals surface area contributed by atoms with Gasteiger partial charge in [-0.25, -0.2) is 0 Å². The van der Waals surface area contributed by atoms with Crippen molar-refractivity contribution < 1.29 is 14.6 Å². The minimum atomic E-state index is -0.565. The van der Waals surface area contributed by atoms with Crippen LogP contribution in [-0.2, 0) is 13.0 Å². The first-order valence-corrected chi connectivity index (χ1v) is 9.72. The minimum absolute atomic E-state index is 0.0309. The zero-order valence-corrected chi connectivity index (χ0v) is 16.1.